The Morgan fingerprint density at radius 3 is 2.32 bits per heavy atom. The molecule has 7 heteroatoms. The number of carbonyl (C=O) groups is 1. The molecule has 1 atom stereocenters. The number of hydrogen-bond donors (Lipinski definition) is 2. The SMILES string of the molecule is CCOC(=O)[C@@](N)(CCCCN)S(=O)(=O)c1ccc(C)cc1. The Morgan fingerprint density at radius 1 is 1.23 bits per heavy atom. The first-order valence-corrected chi connectivity index (χ1v) is 8.75. The molecule has 6 nitrogen and oxygen atoms in total. The number of rotatable bonds is 8. The summed E-state index contributed by atoms with van der Waals surface area (Å²) >= 11 is 0. The highest BCUT2D eigenvalue weighted by Crippen LogP contribution is 2.28. The topological polar surface area (TPSA) is 112 Å². The quantitative estimate of drug-likeness (QED) is 0.546. The minimum Gasteiger partial charge on any atom is -0.464 e. The molecular formula is C15H24N2O4S. The molecule has 0 bridgehead atoms. The lowest BCUT2D eigenvalue weighted by atomic mass is 10.1. The fraction of sp³-hybridized carbons (Fsp3) is 0.533. The summed E-state index contributed by atoms with van der Waals surface area (Å²) in [5.41, 5.74) is 12.4. The first kappa shape index (κ1) is 18.6. The van der Waals surface area contributed by atoms with Gasteiger partial charge in [-0.05, 0) is 51.8 Å². The van der Waals surface area contributed by atoms with E-state index in [-0.39, 0.29) is 17.9 Å². The highest BCUT2D eigenvalue weighted by Gasteiger charge is 2.48. The van der Waals surface area contributed by atoms with Crippen LogP contribution in [0.5, 0.6) is 0 Å². The summed E-state index contributed by atoms with van der Waals surface area (Å²) in [6.45, 7) is 3.93. The molecule has 0 aliphatic rings. The van der Waals surface area contributed by atoms with E-state index < -0.39 is 20.7 Å². The molecule has 0 radical (unpaired) electrons. The van der Waals surface area contributed by atoms with Gasteiger partial charge in [-0.25, -0.2) is 13.2 Å². The zero-order valence-corrected chi connectivity index (χ0v) is 13.9. The number of hydrogen-bond acceptors (Lipinski definition) is 6. The fourth-order valence-electron chi connectivity index (χ4n) is 2.06. The lowest BCUT2D eigenvalue weighted by Crippen LogP contribution is -2.55. The monoisotopic (exact) mass is 328 g/mol. The number of esters is 1. The normalized spacial score (nSPS) is 14.4. The Balaban J connectivity index is 3.23. The third-order valence-electron chi connectivity index (χ3n) is 3.43. The number of carbonyl (C=O) groups excluding carboxylic acids is 1. The minimum absolute atomic E-state index is 0.0152. The molecule has 0 saturated carbocycles. The molecule has 1 aromatic rings. The van der Waals surface area contributed by atoms with E-state index in [0.29, 0.717) is 19.4 Å². The second-order valence-corrected chi connectivity index (χ2v) is 7.38. The van der Waals surface area contributed by atoms with Gasteiger partial charge in [-0.3, -0.25) is 0 Å². The average molecular weight is 328 g/mol. The van der Waals surface area contributed by atoms with Crippen LogP contribution in [0.15, 0.2) is 29.2 Å². The van der Waals surface area contributed by atoms with Crippen molar-refractivity contribution in [2.24, 2.45) is 11.5 Å². The molecule has 0 spiro atoms. The summed E-state index contributed by atoms with van der Waals surface area (Å²) in [4.78, 5) is 10.1. The molecule has 0 aliphatic carbocycles. The van der Waals surface area contributed by atoms with Crippen molar-refractivity contribution in [3.05, 3.63) is 29.8 Å². The number of sulfone groups is 1. The van der Waals surface area contributed by atoms with E-state index in [2.05, 4.69) is 0 Å². The van der Waals surface area contributed by atoms with Crippen molar-refractivity contribution >= 4 is 15.8 Å². The van der Waals surface area contributed by atoms with Crippen molar-refractivity contribution < 1.29 is 17.9 Å². The van der Waals surface area contributed by atoms with Crippen LogP contribution < -0.4 is 11.5 Å². The summed E-state index contributed by atoms with van der Waals surface area (Å²) in [7, 11) is -4.06. The Kier molecular flexibility index (Phi) is 6.52. The van der Waals surface area contributed by atoms with Crippen molar-refractivity contribution in [3.63, 3.8) is 0 Å². The van der Waals surface area contributed by atoms with Gasteiger partial charge in [0.05, 0.1) is 11.5 Å². The third-order valence-corrected chi connectivity index (χ3v) is 5.66. The van der Waals surface area contributed by atoms with Crippen LogP contribution in [0, 0.1) is 6.92 Å². The van der Waals surface area contributed by atoms with Crippen LogP contribution in [0.25, 0.3) is 0 Å². The van der Waals surface area contributed by atoms with Gasteiger partial charge >= 0.3 is 5.97 Å². The van der Waals surface area contributed by atoms with Crippen molar-refractivity contribution in [2.45, 2.75) is 42.9 Å². The number of ether oxygens (including phenoxy) is 1. The second-order valence-electron chi connectivity index (χ2n) is 5.17. The van der Waals surface area contributed by atoms with E-state index in [0.717, 1.165) is 5.56 Å². The lowest BCUT2D eigenvalue weighted by molar-refractivity contribution is -0.146. The zero-order valence-electron chi connectivity index (χ0n) is 13.0. The van der Waals surface area contributed by atoms with Crippen LogP contribution in [-0.4, -0.2) is 32.4 Å². The van der Waals surface area contributed by atoms with Crippen LogP contribution in [-0.2, 0) is 19.4 Å². The van der Waals surface area contributed by atoms with Gasteiger partial charge in [0.15, 0.2) is 0 Å². The molecule has 22 heavy (non-hydrogen) atoms. The fourth-order valence-corrected chi connectivity index (χ4v) is 3.67. The maximum Gasteiger partial charge on any atom is 0.342 e. The summed E-state index contributed by atoms with van der Waals surface area (Å²) in [6, 6.07) is 6.24. The van der Waals surface area contributed by atoms with Crippen LogP contribution >= 0.6 is 0 Å². The van der Waals surface area contributed by atoms with Crippen molar-refractivity contribution in [2.75, 3.05) is 13.2 Å². The van der Waals surface area contributed by atoms with E-state index >= 15 is 0 Å². The Hall–Kier alpha value is -1.44. The zero-order chi connectivity index (χ0) is 16.8. The lowest BCUT2D eigenvalue weighted by Gasteiger charge is -2.27. The summed E-state index contributed by atoms with van der Waals surface area (Å²) in [5, 5.41) is 0. The van der Waals surface area contributed by atoms with Crippen LogP contribution in [0.1, 0.15) is 31.7 Å². The van der Waals surface area contributed by atoms with E-state index in [1.807, 2.05) is 6.92 Å². The number of aryl methyl sites for hydroxylation is 1. The Morgan fingerprint density at radius 2 is 1.82 bits per heavy atom. The summed E-state index contributed by atoms with van der Waals surface area (Å²) < 4.78 is 30.5. The van der Waals surface area contributed by atoms with Crippen LogP contribution in [0.3, 0.4) is 0 Å². The molecule has 0 aliphatic heterocycles. The number of benzene rings is 1. The third kappa shape index (κ3) is 3.85. The minimum atomic E-state index is -4.06. The molecule has 0 fully saturated rings. The summed E-state index contributed by atoms with van der Waals surface area (Å²) in [5.74, 6) is -0.924. The predicted molar refractivity (Wildman–Crippen MR) is 84.8 cm³/mol. The Labute approximate surface area is 131 Å². The summed E-state index contributed by atoms with van der Waals surface area (Å²) in [6.07, 6.45) is 0.984. The van der Waals surface area contributed by atoms with Gasteiger partial charge in [0.25, 0.3) is 0 Å². The van der Waals surface area contributed by atoms with E-state index in [1.54, 1.807) is 19.1 Å². The van der Waals surface area contributed by atoms with Gasteiger partial charge < -0.3 is 16.2 Å². The van der Waals surface area contributed by atoms with E-state index in [9.17, 15) is 13.2 Å². The Bertz CT molecular complexity index is 598. The largest absolute Gasteiger partial charge is 0.464 e. The molecule has 0 saturated heterocycles. The van der Waals surface area contributed by atoms with Crippen LogP contribution in [0.4, 0.5) is 0 Å². The molecule has 124 valence electrons. The van der Waals surface area contributed by atoms with Crippen LogP contribution in [0.2, 0.25) is 0 Å². The molecule has 0 amide bonds. The highest BCUT2D eigenvalue weighted by atomic mass is 32.2. The maximum atomic E-state index is 12.8. The average Bonchev–Trinajstić information content (AvgIpc) is 2.47. The van der Waals surface area contributed by atoms with Gasteiger partial charge in [-0.15, -0.1) is 0 Å². The molecule has 1 aromatic carbocycles. The first-order chi connectivity index (χ1) is 10.3. The number of nitrogens with two attached hydrogens (primary N) is 2. The van der Waals surface area contributed by atoms with Crippen molar-refractivity contribution in [1.29, 1.82) is 0 Å². The molecule has 0 unspecified atom stereocenters. The van der Waals surface area contributed by atoms with E-state index in [4.69, 9.17) is 16.2 Å². The second kappa shape index (κ2) is 7.71. The van der Waals surface area contributed by atoms with Gasteiger partial charge in [0, 0.05) is 0 Å². The van der Waals surface area contributed by atoms with Crippen molar-refractivity contribution in [3.8, 4) is 0 Å². The van der Waals surface area contributed by atoms with Gasteiger partial charge in [-0.2, -0.15) is 0 Å². The molecule has 1 rings (SSSR count). The van der Waals surface area contributed by atoms with Gasteiger partial charge in [0.1, 0.15) is 0 Å². The number of unbranched alkanes of at least 4 members (excludes halogenated alkanes) is 1. The maximum absolute atomic E-state index is 12.8. The first-order valence-electron chi connectivity index (χ1n) is 7.27. The smallest absolute Gasteiger partial charge is 0.342 e. The standard InChI is InChI=1S/C15H24N2O4S/c1-3-21-14(18)15(17,10-4-5-11-16)22(19,20)13-8-6-12(2)7-9-13/h6-9H,3-5,10-11,16-17H2,1-2H3/t15-/m1/s1. The van der Waals surface area contributed by atoms with E-state index in [1.165, 1.54) is 12.1 Å². The van der Waals surface area contributed by atoms with Gasteiger partial charge in [0.2, 0.25) is 14.7 Å². The molecule has 0 heterocycles. The predicted octanol–water partition coefficient (Wildman–Crippen LogP) is 1.12. The van der Waals surface area contributed by atoms with Crippen molar-refractivity contribution in [1.82, 2.24) is 0 Å². The highest BCUT2D eigenvalue weighted by molar-refractivity contribution is 7.93. The molecular weight excluding hydrogens is 304 g/mol. The van der Waals surface area contributed by atoms with Gasteiger partial charge in [-0.1, -0.05) is 17.7 Å². The molecule has 0 aromatic heterocycles. The molecule has 4 N–H and O–H groups in total.